The number of aryl methyl sites for hydroxylation is 1. The maximum absolute atomic E-state index is 12.0. The van der Waals surface area contributed by atoms with E-state index in [4.69, 9.17) is 4.74 Å². The zero-order chi connectivity index (χ0) is 14.3. The molecule has 108 valence electrons. The highest BCUT2D eigenvalue weighted by Crippen LogP contribution is 2.21. The molecule has 1 rings (SSSR count). The Morgan fingerprint density at radius 1 is 1.32 bits per heavy atom. The molecule has 0 amide bonds. The molecular weight excluding hydrogens is 257 g/mol. The monoisotopic (exact) mass is 276 g/mol. The van der Waals surface area contributed by atoms with Gasteiger partial charge in [-0.1, -0.05) is 6.92 Å². The second kappa shape index (κ2) is 7.33. The van der Waals surface area contributed by atoms with E-state index in [9.17, 15) is 13.2 Å². The van der Waals surface area contributed by atoms with Crippen LogP contribution in [0, 0.1) is 6.92 Å². The van der Waals surface area contributed by atoms with Gasteiger partial charge in [-0.15, -0.1) is 0 Å². The molecule has 0 saturated heterocycles. The van der Waals surface area contributed by atoms with Crippen LogP contribution in [0.4, 0.5) is 13.2 Å². The number of hydrogen-bond donors (Lipinski definition) is 1. The summed E-state index contributed by atoms with van der Waals surface area (Å²) in [6.45, 7) is 5.40. The number of hydrogen-bond acceptors (Lipinski definition) is 3. The molecule has 0 unspecified atom stereocenters. The zero-order valence-corrected chi connectivity index (χ0v) is 11.2. The molecule has 0 aliphatic heterocycles. The van der Waals surface area contributed by atoms with Crippen LogP contribution in [-0.2, 0) is 6.54 Å². The Morgan fingerprint density at radius 2 is 2.05 bits per heavy atom. The topological polar surface area (TPSA) is 34.2 Å². The lowest BCUT2D eigenvalue weighted by Gasteiger charge is -2.10. The van der Waals surface area contributed by atoms with E-state index in [1.807, 2.05) is 19.9 Å². The minimum absolute atomic E-state index is 0.0244. The van der Waals surface area contributed by atoms with Crippen molar-refractivity contribution >= 4 is 0 Å². The van der Waals surface area contributed by atoms with Crippen LogP contribution in [0.25, 0.3) is 0 Å². The van der Waals surface area contributed by atoms with Crippen molar-refractivity contribution in [2.75, 3.05) is 13.2 Å². The quantitative estimate of drug-likeness (QED) is 0.776. The van der Waals surface area contributed by atoms with Gasteiger partial charge in [-0.05, 0) is 31.5 Å². The second-order valence-corrected chi connectivity index (χ2v) is 4.30. The fourth-order valence-electron chi connectivity index (χ4n) is 1.60. The predicted octanol–water partition coefficient (Wildman–Crippen LogP) is 3.22. The number of pyridine rings is 1. The predicted molar refractivity (Wildman–Crippen MR) is 67.1 cm³/mol. The van der Waals surface area contributed by atoms with E-state index in [1.54, 1.807) is 6.07 Å². The van der Waals surface area contributed by atoms with E-state index < -0.39 is 12.6 Å². The van der Waals surface area contributed by atoms with Crippen LogP contribution in [-0.4, -0.2) is 24.3 Å². The third-order valence-corrected chi connectivity index (χ3v) is 2.42. The highest BCUT2D eigenvalue weighted by atomic mass is 19.4. The average molecular weight is 276 g/mol. The Hall–Kier alpha value is -1.30. The van der Waals surface area contributed by atoms with Crippen molar-refractivity contribution in [1.29, 1.82) is 0 Å². The van der Waals surface area contributed by atoms with Crippen molar-refractivity contribution in [1.82, 2.24) is 10.3 Å². The average Bonchev–Trinajstić information content (AvgIpc) is 2.30. The fourth-order valence-corrected chi connectivity index (χ4v) is 1.60. The molecule has 0 spiro atoms. The summed E-state index contributed by atoms with van der Waals surface area (Å²) < 4.78 is 41.2. The molecule has 1 N–H and O–H groups in total. The second-order valence-electron chi connectivity index (χ2n) is 4.30. The first-order valence-electron chi connectivity index (χ1n) is 6.28. The summed E-state index contributed by atoms with van der Waals surface area (Å²) in [4.78, 5) is 4.14. The molecule has 0 aliphatic carbocycles. The summed E-state index contributed by atoms with van der Waals surface area (Å²) >= 11 is 0. The van der Waals surface area contributed by atoms with Crippen LogP contribution in [0.1, 0.15) is 31.0 Å². The van der Waals surface area contributed by atoms with Crippen molar-refractivity contribution in [3.05, 3.63) is 23.4 Å². The summed E-state index contributed by atoms with van der Waals surface area (Å²) in [5.74, 6) is 0.384. The number of ether oxygens (including phenoxy) is 1. The molecule has 0 aliphatic rings. The van der Waals surface area contributed by atoms with Gasteiger partial charge in [0, 0.05) is 24.7 Å². The lowest BCUT2D eigenvalue weighted by atomic mass is 10.2. The van der Waals surface area contributed by atoms with Crippen molar-refractivity contribution in [3.8, 4) is 5.88 Å². The first kappa shape index (κ1) is 15.8. The number of halogens is 3. The van der Waals surface area contributed by atoms with Crippen LogP contribution >= 0.6 is 0 Å². The molecule has 0 radical (unpaired) electrons. The Bertz CT molecular complexity index is 394. The minimum Gasteiger partial charge on any atom is -0.478 e. The van der Waals surface area contributed by atoms with Gasteiger partial charge in [-0.3, -0.25) is 0 Å². The summed E-state index contributed by atoms with van der Waals surface area (Å²) in [6, 6.07) is 3.68. The molecule has 19 heavy (non-hydrogen) atoms. The van der Waals surface area contributed by atoms with Gasteiger partial charge in [0.15, 0.2) is 0 Å². The summed E-state index contributed by atoms with van der Waals surface area (Å²) in [7, 11) is 0. The maximum Gasteiger partial charge on any atom is 0.389 e. The number of nitrogens with zero attached hydrogens (tertiary/aromatic N) is 1. The van der Waals surface area contributed by atoms with E-state index in [2.05, 4.69) is 10.3 Å². The van der Waals surface area contributed by atoms with Gasteiger partial charge >= 0.3 is 6.18 Å². The van der Waals surface area contributed by atoms with Crippen LogP contribution in [0.5, 0.6) is 5.88 Å². The van der Waals surface area contributed by atoms with Gasteiger partial charge in [-0.2, -0.15) is 13.2 Å². The Morgan fingerprint density at radius 3 is 2.68 bits per heavy atom. The minimum atomic E-state index is -4.13. The SMILES string of the molecule is CCNCc1cc(C)nc(OCCCC(F)(F)F)c1. The van der Waals surface area contributed by atoms with Gasteiger partial charge in [0.1, 0.15) is 0 Å². The molecule has 1 aromatic heterocycles. The summed E-state index contributed by atoms with van der Waals surface area (Å²) in [5.41, 5.74) is 1.81. The molecule has 0 atom stereocenters. The molecule has 0 aromatic carbocycles. The van der Waals surface area contributed by atoms with Gasteiger partial charge in [0.25, 0.3) is 0 Å². The third kappa shape index (κ3) is 7.00. The van der Waals surface area contributed by atoms with E-state index in [1.165, 1.54) is 0 Å². The van der Waals surface area contributed by atoms with Crippen molar-refractivity contribution in [2.24, 2.45) is 0 Å². The lowest BCUT2D eigenvalue weighted by Crippen LogP contribution is -2.13. The zero-order valence-electron chi connectivity index (χ0n) is 11.2. The molecule has 1 aromatic rings. The molecule has 6 heteroatoms. The third-order valence-electron chi connectivity index (χ3n) is 2.42. The number of aromatic nitrogens is 1. The molecule has 1 heterocycles. The maximum atomic E-state index is 12.0. The Labute approximate surface area is 111 Å². The van der Waals surface area contributed by atoms with Crippen LogP contribution < -0.4 is 10.1 Å². The number of nitrogens with one attached hydrogen (secondary N) is 1. The largest absolute Gasteiger partial charge is 0.478 e. The highest BCUT2D eigenvalue weighted by Gasteiger charge is 2.26. The van der Waals surface area contributed by atoms with Gasteiger partial charge in [0.05, 0.1) is 6.61 Å². The summed E-state index contributed by atoms with van der Waals surface area (Å²) in [5, 5.41) is 3.17. The van der Waals surface area contributed by atoms with Gasteiger partial charge < -0.3 is 10.1 Å². The Balaban J connectivity index is 2.46. The standard InChI is InChI=1S/C13H19F3N2O/c1-3-17-9-11-7-10(2)18-12(8-11)19-6-4-5-13(14,15)16/h7-8,17H,3-6,9H2,1-2H3. The van der Waals surface area contributed by atoms with Crippen molar-refractivity contribution < 1.29 is 17.9 Å². The van der Waals surface area contributed by atoms with Crippen LogP contribution in [0.15, 0.2) is 12.1 Å². The van der Waals surface area contributed by atoms with E-state index >= 15 is 0 Å². The smallest absolute Gasteiger partial charge is 0.389 e. The first-order valence-corrected chi connectivity index (χ1v) is 6.28. The van der Waals surface area contributed by atoms with Crippen molar-refractivity contribution in [3.63, 3.8) is 0 Å². The Kier molecular flexibility index (Phi) is 6.08. The molecular formula is C13H19F3N2O. The molecule has 3 nitrogen and oxygen atoms in total. The van der Waals surface area contributed by atoms with Crippen molar-refractivity contribution in [2.45, 2.75) is 39.4 Å². The fraction of sp³-hybridized carbons (Fsp3) is 0.615. The van der Waals surface area contributed by atoms with E-state index in [0.29, 0.717) is 12.4 Å². The van der Waals surface area contributed by atoms with Crippen LogP contribution in [0.2, 0.25) is 0 Å². The molecule has 0 fully saturated rings. The van der Waals surface area contributed by atoms with Crippen LogP contribution in [0.3, 0.4) is 0 Å². The van der Waals surface area contributed by atoms with Gasteiger partial charge in [-0.25, -0.2) is 4.98 Å². The highest BCUT2D eigenvalue weighted by molar-refractivity contribution is 5.24. The normalized spacial score (nSPS) is 11.6. The molecule has 0 saturated carbocycles. The van der Waals surface area contributed by atoms with E-state index in [-0.39, 0.29) is 13.0 Å². The number of alkyl halides is 3. The molecule has 0 bridgehead atoms. The number of rotatable bonds is 7. The van der Waals surface area contributed by atoms with Gasteiger partial charge in [0.2, 0.25) is 5.88 Å². The summed E-state index contributed by atoms with van der Waals surface area (Å²) in [6.07, 6.45) is -5.01. The lowest BCUT2D eigenvalue weighted by molar-refractivity contribution is -0.136. The first-order chi connectivity index (χ1) is 8.90. The van der Waals surface area contributed by atoms with E-state index in [0.717, 1.165) is 17.8 Å².